The summed E-state index contributed by atoms with van der Waals surface area (Å²) >= 11 is 0. The lowest BCUT2D eigenvalue weighted by Gasteiger charge is -2.21. The van der Waals surface area contributed by atoms with Gasteiger partial charge in [0.25, 0.3) is 0 Å². The molecule has 0 aromatic carbocycles. The van der Waals surface area contributed by atoms with E-state index in [9.17, 15) is 9.59 Å². The van der Waals surface area contributed by atoms with Crippen LogP contribution in [0.2, 0.25) is 0 Å². The highest BCUT2D eigenvalue weighted by atomic mass is 16.5. The summed E-state index contributed by atoms with van der Waals surface area (Å²) in [4.78, 5) is 26.2. The first kappa shape index (κ1) is 17.5. The summed E-state index contributed by atoms with van der Waals surface area (Å²) < 4.78 is 4.92. The Morgan fingerprint density at radius 3 is 2.65 bits per heavy atom. The molecule has 6 heteroatoms. The van der Waals surface area contributed by atoms with Crippen molar-refractivity contribution in [1.29, 1.82) is 0 Å². The van der Waals surface area contributed by atoms with Crippen molar-refractivity contribution in [3.05, 3.63) is 11.8 Å². The van der Waals surface area contributed by atoms with Crippen molar-refractivity contribution in [2.75, 3.05) is 11.9 Å². The van der Waals surface area contributed by atoms with Crippen molar-refractivity contribution in [3.8, 4) is 0 Å². The van der Waals surface area contributed by atoms with Gasteiger partial charge in [-0.2, -0.15) is 0 Å². The number of hydrogen-bond acceptors (Lipinski definition) is 4. The third-order valence-electron chi connectivity index (χ3n) is 4.01. The zero-order valence-corrected chi connectivity index (χ0v) is 14.1. The SMILES string of the molecule is CCCCCCCC(=O)N(CC(=O)Nc1cc(C)on1)C1CC1. The molecule has 1 aliphatic rings. The number of nitrogens with zero attached hydrogens (tertiary/aromatic N) is 2. The number of rotatable bonds is 10. The molecule has 0 saturated heterocycles. The van der Waals surface area contributed by atoms with Crippen LogP contribution in [0, 0.1) is 6.92 Å². The van der Waals surface area contributed by atoms with Crippen LogP contribution in [0.25, 0.3) is 0 Å². The van der Waals surface area contributed by atoms with Crippen molar-refractivity contribution in [2.24, 2.45) is 0 Å². The number of aromatic nitrogens is 1. The summed E-state index contributed by atoms with van der Waals surface area (Å²) in [6.07, 6.45) is 8.13. The predicted octanol–water partition coefficient (Wildman–Crippen LogP) is 3.27. The van der Waals surface area contributed by atoms with E-state index in [2.05, 4.69) is 17.4 Å². The molecule has 0 radical (unpaired) electrons. The largest absolute Gasteiger partial charge is 0.360 e. The van der Waals surface area contributed by atoms with Gasteiger partial charge in [0.15, 0.2) is 5.82 Å². The van der Waals surface area contributed by atoms with Gasteiger partial charge in [-0.1, -0.05) is 37.8 Å². The fourth-order valence-corrected chi connectivity index (χ4v) is 2.59. The molecule has 2 amide bonds. The topological polar surface area (TPSA) is 75.4 Å². The minimum Gasteiger partial charge on any atom is -0.360 e. The van der Waals surface area contributed by atoms with Crippen LogP contribution in [-0.4, -0.2) is 34.5 Å². The monoisotopic (exact) mass is 321 g/mol. The van der Waals surface area contributed by atoms with Crippen LogP contribution in [0.5, 0.6) is 0 Å². The number of unbranched alkanes of at least 4 members (excludes halogenated alkanes) is 4. The molecule has 23 heavy (non-hydrogen) atoms. The Labute approximate surface area is 137 Å². The molecule has 1 aromatic heterocycles. The maximum Gasteiger partial charge on any atom is 0.245 e. The van der Waals surface area contributed by atoms with E-state index >= 15 is 0 Å². The normalized spacial score (nSPS) is 13.8. The van der Waals surface area contributed by atoms with E-state index in [0.717, 1.165) is 25.7 Å². The number of nitrogens with one attached hydrogen (secondary N) is 1. The molecule has 1 heterocycles. The lowest BCUT2D eigenvalue weighted by molar-refractivity contribution is -0.135. The van der Waals surface area contributed by atoms with Crippen LogP contribution < -0.4 is 5.32 Å². The van der Waals surface area contributed by atoms with Crippen molar-refractivity contribution < 1.29 is 14.1 Å². The first-order valence-corrected chi connectivity index (χ1v) is 8.62. The molecule has 0 bridgehead atoms. The quantitative estimate of drug-likeness (QED) is 0.671. The van der Waals surface area contributed by atoms with Gasteiger partial charge >= 0.3 is 0 Å². The second kappa shape index (κ2) is 8.70. The molecule has 1 N–H and O–H groups in total. The van der Waals surface area contributed by atoms with Crippen LogP contribution in [0.4, 0.5) is 5.82 Å². The average molecular weight is 321 g/mol. The summed E-state index contributed by atoms with van der Waals surface area (Å²) in [6, 6.07) is 1.90. The van der Waals surface area contributed by atoms with Gasteiger partial charge in [-0.15, -0.1) is 0 Å². The van der Waals surface area contributed by atoms with E-state index in [1.165, 1.54) is 19.3 Å². The van der Waals surface area contributed by atoms with E-state index in [-0.39, 0.29) is 24.4 Å². The van der Waals surface area contributed by atoms with E-state index in [1.54, 1.807) is 17.9 Å². The van der Waals surface area contributed by atoms with Gasteiger partial charge in [0.2, 0.25) is 11.8 Å². The Hall–Kier alpha value is -1.85. The lowest BCUT2D eigenvalue weighted by atomic mass is 10.1. The molecule has 1 aromatic rings. The number of carbonyl (C=O) groups excluding carboxylic acids is 2. The highest BCUT2D eigenvalue weighted by Crippen LogP contribution is 2.27. The van der Waals surface area contributed by atoms with Crippen LogP contribution >= 0.6 is 0 Å². The minimum absolute atomic E-state index is 0.0930. The van der Waals surface area contributed by atoms with Crippen LogP contribution in [0.3, 0.4) is 0 Å². The highest BCUT2D eigenvalue weighted by molar-refractivity contribution is 5.94. The molecule has 128 valence electrons. The minimum atomic E-state index is -0.218. The van der Waals surface area contributed by atoms with E-state index < -0.39 is 0 Å². The molecule has 0 unspecified atom stereocenters. The predicted molar refractivity (Wildman–Crippen MR) is 88.0 cm³/mol. The first-order chi connectivity index (χ1) is 11.1. The van der Waals surface area contributed by atoms with Gasteiger partial charge < -0.3 is 14.7 Å². The van der Waals surface area contributed by atoms with E-state index in [0.29, 0.717) is 18.0 Å². The Balaban J connectivity index is 1.76. The van der Waals surface area contributed by atoms with E-state index in [4.69, 9.17) is 4.52 Å². The molecule has 0 aliphatic heterocycles. The lowest BCUT2D eigenvalue weighted by Crippen LogP contribution is -2.39. The van der Waals surface area contributed by atoms with Gasteiger partial charge in [0.05, 0.1) is 0 Å². The zero-order chi connectivity index (χ0) is 16.7. The molecule has 1 fully saturated rings. The third-order valence-corrected chi connectivity index (χ3v) is 4.01. The fourth-order valence-electron chi connectivity index (χ4n) is 2.59. The molecule has 1 saturated carbocycles. The fraction of sp³-hybridized carbons (Fsp3) is 0.706. The zero-order valence-electron chi connectivity index (χ0n) is 14.1. The molecule has 2 rings (SSSR count). The van der Waals surface area contributed by atoms with Crippen LogP contribution in [0.15, 0.2) is 10.6 Å². The van der Waals surface area contributed by atoms with Crippen molar-refractivity contribution in [1.82, 2.24) is 10.1 Å². The van der Waals surface area contributed by atoms with Gasteiger partial charge in [0, 0.05) is 18.5 Å². The molecular weight excluding hydrogens is 294 g/mol. The number of anilines is 1. The highest BCUT2D eigenvalue weighted by Gasteiger charge is 2.33. The summed E-state index contributed by atoms with van der Waals surface area (Å²) in [5, 5.41) is 6.41. The number of amides is 2. The second-order valence-corrected chi connectivity index (χ2v) is 6.29. The van der Waals surface area contributed by atoms with E-state index in [1.807, 2.05) is 0 Å². The van der Waals surface area contributed by atoms with Gasteiger partial charge in [0.1, 0.15) is 12.3 Å². The van der Waals surface area contributed by atoms with Gasteiger partial charge in [-0.3, -0.25) is 9.59 Å². The number of hydrogen-bond donors (Lipinski definition) is 1. The number of aryl methyl sites for hydroxylation is 1. The molecular formula is C17H27N3O3. The number of carbonyl (C=O) groups is 2. The molecule has 0 spiro atoms. The Morgan fingerprint density at radius 1 is 1.30 bits per heavy atom. The third kappa shape index (κ3) is 6.04. The summed E-state index contributed by atoms with van der Waals surface area (Å²) in [7, 11) is 0. The molecule has 1 aliphatic carbocycles. The van der Waals surface area contributed by atoms with Gasteiger partial charge in [-0.25, -0.2) is 0 Å². The maximum absolute atomic E-state index is 12.4. The summed E-state index contributed by atoms with van der Waals surface area (Å²) in [5.74, 6) is 0.915. The smallest absolute Gasteiger partial charge is 0.245 e. The molecule has 6 nitrogen and oxygen atoms in total. The van der Waals surface area contributed by atoms with Crippen LogP contribution in [-0.2, 0) is 9.59 Å². The maximum atomic E-state index is 12.4. The Kier molecular flexibility index (Phi) is 6.62. The molecule has 0 atom stereocenters. The van der Waals surface area contributed by atoms with Gasteiger partial charge in [-0.05, 0) is 26.2 Å². The summed E-state index contributed by atoms with van der Waals surface area (Å²) in [6.45, 7) is 4.04. The average Bonchev–Trinajstić information content (AvgIpc) is 3.27. The Bertz CT molecular complexity index is 523. The van der Waals surface area contributed by atoms with Crippen molar-refractivity contribution in [2.45, 2.75) is 71.3 Å². The van der Waals surface area contributed by atoms with Crippen molar-refractivity contribution in [3.63, 3.8) is 0 Å². The Morgan fingerprint density at radius 2 is 2.04 bits per heavy atom. The second-order valence-electron chi connectivity index (χ2n) is 6.29. The standard InChI is InChI=1S/C17H27N3O3/c1-3-4-5-6-7-8-17(22)20(14-9-10-14)12-16(21)18-15-11-13(2)23-19-15/h11,14H,3-10,12H2,1-2H3,(H,18,19,21). The van der Waals surface area contributed by atoms with Crippen LogP contribution in [0.1, 0.15) is 64.1 Å². The summed E-state index contributed by atoms with van der Waals surface area (Å²) in [5.41, 5.74) is 0. The van der Waals surface area contributed by atoms with Crippen molar-refractivity contribution >= 4 is 17.6 Å². The first-order valence-electron chi connectivity index (χ1n) is 8.62.